The summed E-state index contributed by atoms with van der Waals surface area (Å²) in [5.74, 6) is 2.35. The zero-order valence-electron chi connectivity index (χ0n) is 15.5. The summed E-state index contributed by atoms with van der Waals surface area (Å²) in [6, 6.07) is 0. The normalized spacial score (nSPS) is 45.9. The number of aliphatic hydroxyl groups excluding tert-OH is 1. The van der Waals surface area contributed by atoms with Crippen LogP contribution in [0.4, 0.5) is 0 Å². The molecule has 3 heteroatoms. The number of nitrogens with zero attached hydrogens (tertiary/aromatic N) is 1. The van der Waals surface area contributed by atoms with Gasteiger partial charge in [0.15, 0.2) is 0 Å². The van der Waals surface area contributed by atoms with E-state index in [4.69, 9.17) is 0 Å². The quantitative estimate of drug-likeness (QED) is 0.728. The van der Waals surface area contributed by atoms with Crippen molar-refractivity contribution in [3.63, 3.8) is 0 Å². The van der Waals surface area contributed by atoms with Crippen LogP contribution in [0.2, 0.25) is 0 Å². The van der Waals surface area contributed by atoms with E-state index < -0.39 is 0 Å². The number of aliphatic hydroxyl groups is 1. The van der Waals surface area contributed by atoms with Gasteiger partial charge in [0.1, 0.15) is 0 Å². The first-order valence-electron chi connectivity index (χ1n) is 10.1. The van der Waals surface area contributed by atoms with E-state index in [0.29, 0.717) is 10.8 Å². The van der Waals surface area contributed by atoms with Gasteiger partial charge in [-0.05, 0) is 79.1 Å². The summed E-state index contributed by atoms with van der Waals surface area (Å²) in [6.07, 6.45) is 16.8. The number of rotatable bonds is 1. The topological polar surface area (TPSA) is 48.9 Å². The Bertz CT molecular complexity index is 733. The van der Waals surface area contributed by atoms with E-state index in [1.165, 1.54) is 43.4 Å². The molecule has 134 valence electrons. The SMILES string of the molecule is C[C@]12CCC(O)CC1=CCC1C2CC[C@]2(C)C(c3cnc[nH]3)=CCC12. The average Bonchev–Trinajstić information content (AvgIpc) is 3.22. The maximum atomic E-state index is 10.1. The van der Waals surface area contributed by atoms with Crippen LogP contribution in [0.15, 0.2) is 30.2 Å². The number of hydrogen-bond donors (Lipinski definition) is 2. The Morgan fingerprint density at radius 2 is 1.92 bits per heavy atom. The van der Waals surface area contributed by atoms with Gasteiger partial charge < -0.3 is 10.1 Å². The van der Waals surface area contributed by atoms with Crippen LogP contribution >= 0.6 is 0 Å². The van der Waals surface area contributed by atoms with Crippen LogP contribution < -0.4 is 0 Å². The van der Waals surface area contributed by atoms with Crippen LogP contribution in [0.1, 0.15) is 64.5 Å². The number of fused-ring (bicyclic) bond motifs is 5. The molecule has 0 aliphatic heterocycles. The van der Waals surface area contributed by atoms with Gasteiger partial charge in [-0.3, -0.25) is 0 Å². The lowest BCUT2D eigenvalue weighted by atomic mass is 9.47. The second kappa shape index (κ2) is 5.33. The lowest BCUT2D eigenvalue weighted by molar-refractivity contribution is -0.0238. The minimum Gasteiger partial charge on any atom is -0.393 e. The third kappa shape index (κ3) is 2.11. The van der Waals surface area contributed by atoms with E-state index in [0.717, 1.165) is 30.6 Å². The molecule has 4 unspecified atom stereocenters. The van der Waals surface area contributed by atoms with Crippen LogP contribution in [-0.2, 0) is 0 Å². The monoisotopic (exact) mass is 338 g/mol. The van der Waals surface area contributed by atoms with Crippen molar-refractivity contribution in [2.45, 2.75) is 64.9 Å². The standard InChI is InChI=1S/C22H30N2O/c1-21-9-7-15(25)11-14(21)3-4-16-17-5-6-19(20-12-23-13-24-20)22(17,2)10-8-18(16)21/h3,6,12-13,15-18,25H,4-5,7-11H2,1-2H3,(H,23,24)/t15?,16?,17?,18?,21-,22-/m0/s1. The molecule has 0 spiro atoms. The largest absolute Gasteiger partial charge is 0.393 e. The van der Waals surface area contributed by atoms with Crippen molar-refractivity contribution in [2.75, 3.05) is 0 Å². The summed E-state index contributed by atoms with van der Waals surface area (Å²) < 4.78 is 0. The highest BCUT2D eigenvalue weighted by Crippen LogP contribution is 2.66. The minimum absolute atomic E-state index is 0.107. The van der Waals surface area contributed by atoms with Crippen LogP contribution in [0.3, 0.4) is 0 Å². The molecule has 0 bridgehead atoms. The molecule has 2 fully saturated rings. The van der Waals surface area contributed by atoms with Gasteiger partial charge in [0.2, 0.25) is 0 Å². The molecule has 5 rings (SSSR count). The van der Waals surface area contributed by atoms with Gasteiger partial charge >= 0.3 is 0 Å². The van der Waals surface area contributed by atoms with Crippen molar-refractivity contribution in [2.24, 2.45) is 28.6 Å². The van der Waals surface area contributed by atoms with Gasteiger partial charge in [0.05, 0.1) is 24.3 Å². The van der Waals surface area contributed by atoms with Crippen LogP contribution in [0.25, 0.3) is 5.57 Å². The Labute approximate surface area is 150 Å². The molecule has 1 aromatic heterocycles. The first-order chi connectivity index (χ1) is 12.0. The Balaban J connectivity index is 1.48. The zero-order valence-corrected chi connectivity index (χ0v) is 15.5. The number of nitrogens with one attached hydrogen (secondary N) is 1. The van der Waals surface area contributed by atoms with Crippen LogP contribution in [0.5, 0.6) is 0 Å². The molecule has 25 heavy (non-hydrogen) atoms. The highest BCUT2D eigenvalue weighted by atomic mass is 16.3. The number of aromatic amines is 1. The molecular formula is C22H30N2O. The predicted molar refractivity (Wildman–Crippen MR) is 99.7 cm³/mol. The summed E-state index contributed by atoms with van der Waals surface area (Å²) >= 11 is 0. The second-order valence-corrected chi connectivity index (χ2v) is 9.43. The molecular weight excluding hydrogens is 308 g/mol. The van der Waals surface area contributed by atoms with Crippen molar-refractivity contribution >= 4 is 5.57 Å². The Kier molecular flexibility index (Phi) is 3.38. The Morgan fingerprint density at radius 3 is 2.72 bits per heavy atom. The van der Waals surface area contributed by atoms with Gasteiger partial charge in [0.25, 0.3) is 0 Å². The molecule has 1 heterocycles. The lowest BCUT2D eigenvalue weighted by Gasteiger charge is -2.57. The number of imidazole rings is 1. The minimum atomic E-state index is -0.107. The lowest BCUT2D eigenvalue weighted by Crippen LogP contribution is -2.49. The van der Waals surface area contributed by atoms with Crippen molar-refractivity contribution in [1.29, 1.82) is 0 Å². The molecule has 6 atom stereocenters. The first-order valence-corrected chi connectivity index (χ1v) is 10.1. The summed E-state index contributed by atoms with van der Waals surface area (Å²) in [4.78, 5) is 7.61. The van der Waals surface area contributed by atoms with Crippen LogP contribution in [-0.4, -0.2) is 21.2 Å². The second-order valence-electron chi connectivity index (χ2n) is 9.43. The number of hydrogen-bond acceptors (Lipinski definition) is 2. The van der Waals surface area contributed by atoms with E-state index in [-0.39, 0.29) is 6.10 Å². The van der Waals surface area contributed by atoms with E-state index in [9.17, 15) is 5.11 Å². The van der Waals surface area contributed by atoms with Crippen LogP contribution in [0, 0.1) is 28.6 Å². The molecule has 0 saturated heterocycles. The summed E-state index contributed by atoms with van der Waals surface area (Å²) in [5.41, 5.74) is 4.93. The fourth-order valence-corrected chi connectivity index (χ4v) is 7.03. The molecule has 3 nitrogen and oxygen atoms in total. The van der Waals surface area contributed by atoms with E-state index in [2.05, 4.69) is 36.0 Å². The highest BCUT2D eigenvalue weighted by Gasteiger charge is 2.56. The van der Waals surface area contributed by atoms with Crippen molar-refractivity contribution in [3.8, 4) is 0 Å². The Morgan fingerprint density at radius 1 is 1.08 bits per heavy atom. The zero-order chi connectivity index (χ0) is 17.2. The van der Waals surface area contributed by atoms with Gasteiger partial charge in [-0.1, -0.05) is 31.6 Å². The first kappa shape index (κ1) is 15.9. The van der Waals surface area contributed by atoms with Crippen molar-refractivity contribution in [1.82, 2.24) is 9.97 Å². The molecule has 2 saturated carbocycles. The van der Waals surface area contributed by atoms with Gasteiger partial charge in [-0.15, -0.1) is 0 Å². The Hall–Kier alpha value is -1.35. The van der Waals surface area contributed by atoms with Gasteiger partial charge in [-0.25, -0.2) is 4.98 Å². The fourth-order valence-electron chi connectivity index (χ4n) is 7.03. The third-order valence-electron chi connectivity index (χ3n) is 8.45. The molecule has 2 N–H and O–H groups in total. The molecule has 1 aromatic rings. The molecule has 4 aliphatic carbocycles. The maximum absolute atomic E-state index is 10.1. The van der Waals surface area contributed by atoms with Gasteiger partial charge in [-0.2, -0.15) is 0 Å². The summed E-state index contributed by atoms with van der Waals surface area (Å²) in [5, 5.41) is 10.1. The third-order valence-corrected chi connectivity index (χ3v) is 8.45. The molecule has 0 amide bonds. The average molecular weight is 338 g/mol. The molecule has 4 aliphatic rings. The number of H-pyrrole nitrogens is 1. The van der Waals surface area contributed by atoms with Gasteiger partial charge in [0, 0.05) is 0 Å². The smallest absolute Gasteiger partial charge is 0.0924 e. The predicted octanol–water partition coefficient (Wildman–Crippen LogP) is 4.73. The maximum Gasteiger partial charge on any atom is 0.0924 e. The number of allylic oxidation sites excluding steroid dienone is 3. The fraction of sp³-hybridized carbons (Fsp3) is 0.682. The highest BCUT2D eigenvalue weighted by molar-refractivity contribution is 5.70. The molecule has 0 radical (unpaired) electrons. The summed E-state index contributed by atoms with van der Waals surface area (Å²) in [7, 11) is 0. The van der Waals surface area contributed by atoms with Crippen molar-refractivity contribution < 1.29 is 5.11 Å². The summed E-state index contributed by atoms with van der Waals surface area (Å²) in [6.45, 7) is 5.00. The van der Waals surface area contributed by atoms with Crippen molar-refractivity contribution in [3.05, 3.63) is 35.9 Å². The van der Waals surface area contributed by atoms with E-state index in [1.807, 2.05) is 12.5 Å². The number of aromatic nitrogens is 2. The molecule has 0 aromatic carbocycles. The van der Waals surface area contributed by atoms with E-state index >= 15 is 0 Å². The van der Waals surface area contributed by atoms with E-state index in [1.54, 1.807) is 5.57 Å².